The highest BCUT2D eigenvalue weighted by Gasteiger charge is 2.30. The lowest BCUT2D eigenvalue weighted by Crippen LogP contribution is -2.46. The number of amides is 1. The molecule has 0 radical (unpaired) electrons. The summed E-state index contributed by atoms with van der Waals surface area (Å²) in [5.41, 5.74) is -0.840. The van der Waals surface area contributed by atoms with Crippen molar-refractivity contribution in [3.05, 3.63) is 22.4 Å². The van der Waals surface area contributed by atoms with Crippen LogP contribution in [0, 0.1) is 0 Å². The number of nitrogens with one attached hydrogen (secondary N) is 1. The van der Waals surface area contributed by atoms with Crippen LogP contribution in [0.5, 0.6) is 0 Å². The molecule has 1 unspecified atom stereocenters. The number of aliphatic carboxylic acids is 1. The van der Waals surface area contributed by atoms with Crippen LogP contribution in [0.15, 0.2) is 16.8 Å². The predicted octanol–water partition coefficient (Wildman–Crippen LogP) is 0.632. The van der Waals surface area contributed by atoms with Crippen LogP contribution in [0.3, 0.4) is 0 Å². The van der Waals surface area contributed by atoms with E-state index in [4.69, 9.17) is 5.11 Å². The van der Waals surface area contributed by atoms with Gasteiger partial charge in [0, 0.05) is 6.42 Å². The van der Waals surface area contributed by atoms with Gasteiger partial charge in [0.25, 0.3) is 0 Å². The predicted molar refractivity (Wildman–Crippen MR) is 63.9 cm³/mol. The topological polar surface area (TPSA) is 86.6 Å². The Morgan fingerprint density at radius 2 is 2.24 bits per heavy atom. The third kappa shape index (κ3) is 4.54. The van der Waals surface area contributed by atoms with Crippen molar-refractivity contribution >= 4 is 23.2 Å². The van der Waals surface area contributed by atoms with Gasteiger partial charge >= 0.3 is 5.97 Å². The summed E-state index contributed by atoms with van der Waals surface area (Å²) in [7, 11) is 0. The van der Waals surface area contributed by atoms with Crippen LogP contribution >= 0.6 is 11.3 Å². The molecule has 0 aliphatic heterocycles. The van der Waals surface area contributed by atoms with Gasteiger partial charge < -0.3 is 15.5 Å². The highest BCUT2D eigenvalue weighted by molar-refractivity contribution is 7.07. The van der Waals surface area contributed by atoms with Gasteiger partial charge in [0.15, 0.2) is 5.60 Å². The largest absolute Gasteiger partial charge is 0.479 e. The van der Waals surface area contributed by atoms with Gasteiger partial charge in [0.05, 0.1) is 6.54 Å². The number of thiophene rings is 1. The number of aliphatic hydroxyl groups is 1. The molecule has 5 nitrogen and oxygen atoms in total. The maximum absolute atomic E-state index is 11.4. The van der Waals surface area contributed by atoms with Gasteiger partial charge in [-0.2, -0.15) is 11.3 Å². The van der Waals surface area contributed by atoms with E-state index in [9.17, 15) is 14.7 Å². The Kier molecular flexibility index (Phi) is 4.65. The van der Waals surface area contributed by atoms with Crippen LogP contribution in [-0.2, 0) is 16.0 Å². The molecule has 0 aliphatic rings. The molecule has 1 rings (SSSR count). The summed E-state index contributed by atoms with van der Waals surface area (Å²) in [6.07, 6.45) is 0.900. The molecule has 0 saturated heterocycles. The first-order chi connectivity index (χ1) is 7.92. The normalized spacial score (nSPS) is 14.0. The minimum Gasteiger partial charge on any atom is -0.479 e. The zero-order valence-corrected chi connectivity index (χ0v) is 10.3. The first-order valence-corrected chi connectivity index (χ1v) is 6.09. The molecule has 3 N–H and O–H groups in total. The van der Waals surface area contributed by atoms with Crippen LogP contribution < -0.4 is 5.32 Å². The maximum Gasteiger partial charge on any atom is 0.337 e. The van der Waals surface area contributed by atoms with E-state index in [-0.39, 0.29) is 18.9 Å². The first-order valence-electron chi connectivity index (χ1n) is 5.15. The van der Waals surface area contributed by atoms with Crippen molar-refractivity contribution < 1.29 is 19.8 Å². The van der Waals surface area contributed by atoms with E-state index in [0.717, 1.165) is 12.5 Å². The molecular weight excluding hydrogens is 242 g/mol. The molecule has 0 saturated carbocycles. The maximum atomic E-state index is 11.4. The molecule has 1 atom stereocenters. The van der Waals surface area contributed by atoms with Crippen LogP contribution in [0.1, 0.15) is 18.9 Å². The summed E-state index contributed by atoms with van der Waals surface area (Å²) in [4.78, 5) is 22.0. The molecular formula is C11H15NO4S. The Balaban J connectivity index is 2.28. The van der Waals surface area contributed by atoms with Crippen LogP contribution in [0.2, 0.25) is 0 Å². The Morgan fingerprint density at radius 3 is 2.76 bits per heavy atom. The molecule has 0 spiro atoms. The number of aryl methyl sites for hydroxylation is 1. The van der Waals surface area contributed by atoms with Gasteiger partial charge in [-0.15, -0.1) is 0 Å². The average Bonchev–Trinajstić information content (AvgIpc) is 2.76. The van der Waals surface area contributed by atoms with Gasteiger partial charge in [0.2, 0.25) is 5.91 Å². The zero-order chi connectivity index (χ0) is 12.9. The van der Waals surface area contributed by atoms with E-state index < -0.39 is 11.6 Å². The van der Waals surface area contributed by atoms with Crippen molar-refractivity contribution in [3.8, 4) is 0 Å². The lowest BCUT2D eigenvalue weighted by Gasteiger charge is -2.18. The Morgan fingerprint density at radius 1 is 1.53 bits per heavy atom. The molecule has 94 valence electrons. The number of rotatable bonds is 6. The molecule has 1 heterocycles. The van der Waals surface area contributed by atoms with E-state index in [1.807, 2.05) is 16.8 Å². The Bertz CT molecular complexity index is 386. The Hall–Kier alpha value is -1.40. The van der Waals surface area contributed by atoms with E-state index in [2.05, 4.69) is 5.32 Å². The lowest BCUT2D eigenvalue weighted by molar-refractivity contribution is -0.156. The van der Waals surface area contributed by atoms with E-state index >= 15 is 0 Å². The second-order valence-corrected chi connectivity index (χ2v) is 4.77. The third-order valence-corrected chi connectivity index (χ3v) is 3.04. The summed E-state index contributed by atoms with van der Waals surface area (Å²) >= 11 is 1.56. The fraction of sp³-hybridized carbons (Fsp3) is 0.455. The van der Waals surface area contributed by atoms with E-state index in [0.29, 0.717) is 6.42 Å². The minimum absolute atomic E-state index is 0.266. The van der Waals surface area contributed by atoms with Gasteiger partial charge in [-0.3, -0.25) is 4.79 Å². The molecule has 1 aromatic rings. The summed E-state index contributed by atoms with van der Waals surface area (Å²) < 4.78 is 0. The highest BCUT2D eigenvalue weighted by atomic mass is 32.1. The van der Waals surface area contributed by atoms with Gasteiger partial charge in [0.1, 0.15) is 0 Å². The second kappa shape index (κ2) is 5.79. The smallest absolute Gasteiger partial charge is 0.337 e. The lowest BCUT2D eigenvalue weighted by atomic mass is 10.1. The molecule has 1 aromatic heterocycles. The quantitative estimate of drug-likeness (QED) is 0.697. The van der Waals surface area contributed by atoms with E-state index in [1.165, 1.54) is 0 Å². The average molecular weight is 257 g/mol. The summed E-state index contributed by atoms with van der Waals surface area (Å²) in [5.74, 6) is -1.62. The van der Waals surface area contributed by atoms with Crippen molar-refractivity contribution in [1.29, 1.82) is 0 Å². The number of carboxylic acids is 1. The third-order valence-electron chi connectivity index (χ3n) is 2.31. The van der Waals surface area contributed by atoms with Crippen molar-refractivity contribution in [2.75, 3.05) is 6.54 Å². The van der Waals surface area contributed by atoms with Crippen LogP contribution in [0.4, 0.5) is 0 Å². The fourth-order valence-electron chi connectivity index (χ4n) is 1.13. The first kappa shape index (κ1) is 13.7. The Labute approximate surface area is 103 Å². The summed E-state index contributed by atoms with van der Waals surface area (Å²) in [6, 6.07) is 1.94. The molecule has 0 aliphatic carbocycles. The standard InChI is InChI=1S/C11H15NO4S/c1-11(16,10(14)15)7-12-9(13)3-2-8-4-5-17-6-8/h4-6,16H,2-3,7H2,1H3,(H,12,13)(H,14,15). The SMILES string of the molecule is CC(O)(CNC(=O)CCc1ccsc1)C(=O)O. The van der Waals surface area contributed by atoms with Gasteiger partial charge in [-0.05, 0) is 35.7 Å². The molecule has 1 amide bonds. The molecule has 0 bridgehead atoms. The van der Waals surface area contributed by atoms with Crippen molar-refractivity contribution in [2.45, 2.75) is 25.4 Å². The van der Waals surface area contributed by atoms with Gasteiger partial charge in [-0.1, -0.05) is 0 Å². The van der Waals surface area contributed by atoms with Gasteiger partial charge in [-0.25, -0.2) is 4.79 Å². The summed E-state index contributed by atoms with van der Waals surface area (Å²) in [6.45, 7) is 0.860. The highest BCUT2D eigenvalue weighted by Crippen LogP contribution is 2.08. The monoisotopic (exact) mass is 257 g/mol. The number of hydrogen-bond acceptors (Lipinski definition) is 4. The van der Waals surface area contributed by atoms with Crippen molar-refractivity contribution in [1.82, 2.24) is 5.32 Å². The number of carboxylic acid groups (broad SMARTS) is 1. The van der Waals surface area contributed by atoms with Crippen molar-refractivity contribution in [3.63, 3.8) is 0 Å². The second-order valence-electron chi connectivity index (χ2n) is 3.99. The number of carbonyl (C=O) groups is 2. The molecule has 6 heteroatoms. The minimum atomic E-state index is -1.92. The molecule has 0 aromatic carbocycles. The number of carbonyl (C=O) groups excluding carboxylic acids is 1. The molecule has 17 heavy (non-hydrogen) atoms. The van der Waals surface area contributed by atoms with Crippen LogP contribution in [0.25, 0.3) is 0 Å². The zero-order valence-electron chi connectivity index (χ0n) is 9.47. The van der Waals surface area contributed by atoms with Crippen molar-refractivity contribution in [2.24, 2.45) is 0 Å². The van der Waals surface area contributed by atoms with E-state index in [1.54, 1.807) is 11.3 Å². The number of hydrogen-bond donors (Lipinski definition) is 3. The fourth-order valence-corrected chi connectivity index (χ4v) is 1.83. The molecule has 0 fully saturated rings. The van der Waals surface area contributed by atoms with Crippen LogP contribution in [-0.4, -0.2) is 34.2 Å². The summed E-state index contributed by atoms with van der Waals surface area (Å²) in [5, 5.41) is 24.3.